The predicted molar refractivity (Wildman–Crippen MR) is 45.6 cm³/mol. The van der Waals surface area contributed by atoms with Crippen LogP contribution in [0.15, 0.2) is 0 Å². The van der Waals surface area contributed by atoms with Gasteiger partial charge in [0.05, 0.1) is 0 Å². The van der Waals surface area contributed by atoms with Crippen LogP contribution in [-0.4, -0.2) is 23.2 Å². The van der Waals surface area contributed by atoms with Crippen LogP contribution in [0.3, 0.4) is 0 Å². The monoisotopic (exact) mass is 175 g/mol. The van der Waals surface area contributed by atoms with Crippen LogP contribution in [0.2, 0.25) is 0 Å². The molecule has 1 aliphatic rings. The van der Waals surface area contributed by atoms with Gasteiger partial charge in [0.2, 0.25) is 0 Å². The molecule has 0 spiro atoms. The molecule has 2 N–H and O–H groups in total. The molecule has 64 valence electrons. The molecule has 0 aromatic heterocycles. The summed E-state index contributed by atoms with van der Waals surface area (Å²) >= 11 is 1.92. The Bertz CT molecular complexity index is 145. The molecule has 1 saturated carbocycles. The Morgan fingerprint density at radius 3 is 2.82 bits per heavy atom. The van der Waals surface area contributed by atoms with Gasteiger partial charge in [0.1, 0.15) is 6.10 Å². The number of thioether (sulfide) groups is 1. The topological polar surface area (TPSA) is 52.3 Å². The highest BCUT2D eigenvalue weighted by atomic mass is 32.2. The normalized spacial score (nSPS) is 29.2. The van der Waals surface area contributed by atoms with Crippen molar-refractivity contribution in [2.75, 3.05) is 5.75 Å². The average Bonchev–Trinajstić information content (AvgIpc) is 1.82. The van der Waals surface area contributed by atoms with E-state index in [1.54, 1.807) is 0 Å². The van der Waals surface area contributed by atoms with Crippen LogP contribution in [0.5, 0.6) is 0 Å². The van der Waals surface area contributed by atoms with Gasteiger partial charge in [-0.05, 0) is 18.6 Å². The van der Waals surface area contributed by atoms with Gasteiger partial charge in [-0.2, -0.15) is 11.8 Å². The second-order valence-corrected chi connectivity index (χ2v) is 4.19. The average molecular weight is 175 g/mol. The summed E-state index contributed by atoms with van der Waals surface area (Å²) in [7, 11) is 0. The summed E-state index contributed by atoms with van der Waals surface area (Å²) in [5.41, 5.74) is 4.85. The first-order valence-electron chi connectivity index (χ1n) is 3.80. The smallest absolute Gasteiger partial charge is 0.404 e. The minimum Gasteiger partial charge on any atom is -0.446 e. The van der Waals surface area contributed by atoms with Gasteiger partial charge in [0.15, 0.2) is 0 Å². The van der Waals surface area contributed by atoms with E-state index in [9.17, 15) is 4.79 Å². The van der Waals surface area contributed by atoms with Crippen LogP contribution < -0.4 is 5.73 Å². The summed E-state index contributed by atoms with van der Waals surface area (Å²) in [6.45, 7) is 2.13. The highest BCUT2D eigenvalue weighted by Crippen LogP contribution is 2.33. The van der Waals surface area contributed by atoms with Gasteiger partial charge in [-0.25, -0.2) is 4.79 Å². The van der Waals surface area contributed by atoms with E-state index in [2.05, 4.69) is 6.92 Å². The zero-order valence-electron chi connectivity index (χ0n) is 6.58. The number of carbonyl (C=O) groups is 1. The fraction of sp³-hybridized carbons (Fsp3) is 0.857. The Kier molecular flexibility index (Phi) is 3.05. The minimum absolute atomic E-state index is 0.0940. The van der Waals surface area contributed by atoms with E-state index in [4.69, 9.17) is 10.5 Å². The van der Waals surface area contributed by atoms with Crippen molar-refractivity contribution in [1.29, 1.82) is 0 Å². The highest BCUT2D eigenvalue weighted by molar-refractivity contribution is 7.99. The standard InChI is InChI=1S/C7H13NO2S/c1-2-11-6-3-5(4-6)10-7(8)9/h5-6H,2-4H2,1H3,(H2,8,9). The first-order valence-corrected chi connectivity index (χ1v) is 4.85. The Morgan fingerprint density at radius 2 is 2.36 bits per heavy atom. The molecule has 0 aliphatic heterocycles. The molecule has 1 fully saturated rings. The third-order valence-corrected chi connectivity index (χ3v) is 2.93. The van der Waals surface area contributed by atoms with E-state index >= 15 is 0 Å². The van der Waals surface area contributed by atoms with Crippen molar-refractivity contribution >= 4 is 17.9 Å². The van der Waals surface area contributed by atoms with Gasteiger partial charge in [-0.3, -0.25) is 0 Å². The Morgan fingerprint density at radius 1 is 1.73 bits per heavy atom. The van der Waals surface area contributed by atoms with Crippen molar-refractivity contribution in [1.82, 2.24) is 0 Å². The van der Waals surface area contributed by atoms with Crippen molar-refractivity contribution < 1.29 is 9.53 Å². The second kappa shape index (κ2) is 3.85. The van der Waals surface area contributed by atoms with E-state index in [0.29, 0.717) is 5.25 Å². The van der Waals surface area contributed by atoms with Crippen molar-refractivity contribution in [3.63, 3.8) is 0 Å². The van der Waals surface area contributed by atoms with Crippen LogP contribution >= 0.6 is 11.8 Å². The predicted octanol–water partition coefficient (Wildman–Crippen LogP) is 1.37. The fourth-order valence-electron chi connectivity index (χ4n) is 1.15. The summed E-state index contributed by atoms with van der Waals surface area (Å²) < 4.78 is 4.79. The molecule has 3 nitrogen and oxygen atoms in total. The molecule has 1 rings (SSSR count). The summed E-state index contributed by atoms with van der Waals surface area (Å²) in [5.74, 6) is 1.13. The lowest BCUT2D eigenvalue weighted by Crippen LogP contribution is -2.36. The molecule has 0 radical (unpaired) electrons. The maximum atomic E-state index is 10.3. The van der Waals surface area contributed by atoms with Gasteiger partial charge < -0.3 is 10.5 Å². The minimum atomic E-state index is -0.644. The SMILES string of the molecule is CCSC1CC(OC(N)=O)C1. The number of amides is 1. The largest absolute Gasteiger partial charge is 0.446 e. The summed E-state index contributed by atoms with van der Waals surface area (Å²) in [4.78, 5) is 10.3. The molecule has 0 bridgehead atoms. The summed E-state index contributed by atoms with van der Waals surface area (Å²) in [6.07, 6.45) is 1.40. The lowest BCUT2D eigenvalue weighted by atomic mass is 9.95. The molecule has 1 amide bonds. The van der Waals surface area contributed by atoms with E-state index in [0.717, 1.165) is 18.6 Å². The van der Waals surface area contributed by atoms with E-state index in [-0.39, 0.29) is 6.10 Å². The van der Waals surface area contributed by atoms with E-state index in [1.807, 2.05) is 11.8 Å². The molecular formula is C7H13NO2S. The number of ether oxygens (including phenoxy) is 1. The summed E-state index contributed by atoms with van der Waals surface area (Å²) in [6, 6.07) is 0. The maximum Gasteiger partial charge on any atom is 0.404 e. The Labute approximate surface area is 70.7 Å². The lowest BCUT2D eigenvalue weighted by Gasteiger charge is -2.33. The third-order valence-electron chi connectivity index (χ3n) is 1.74. The number of hydrogen-bond acceptors (Lipinski definition) is 3. The second-order valence-electron chi connectivity index (χ2n) is 2.61. The molecule has 4 heteroatoms. The molecule has 11 heavy (non-hydrogen) atoms. The van der Waals surface area contributed by atoms with E-state index in [1.165, 1.54) is 0 Å². The van der Waals surface area contributed by atoms with Gasteiger partial charge in [0.25, 0.3) is 0 Å². The number of rotatable bonds is 3. The number of carbonyl (C=O) groups excluding carboxylic acids is 1. The third kappa shape index (κ3) is 2.61. The zero-order valence-corrected chi connectivity index (χ0v) is 7.39. The zero-order chi connectivity index (χ0) is 8.27. The van der Waals surface area contributed by atoms with Crippen LogP contribution in [0.1, 0.15) is 19.8 Å². The fourth-order valence-corrected chi connectivity index (χ4v) is 2.32. The molecule has 0 aromatic carbocycles. The van der Waals surface area contributed by atoms with Crippen LogP contribution in [0.25, 0.3) is 0 Å². The van der Waals surface area contributed by atoms with Crippen molar-refractivity contribution in [3.05, 3.63) is 0 Å². The van der Waals surface area contributed by atoms with Crippen LogP contribution in [0.4, 0.5) is 4.79 Å². The number of nitrogens with two attached hydrogens (primary N) is 1. The summed E-state index contributed by atoms with van der Waals surface area (Å²) in [5, 5.41) is 0.685. The quantitative estimate of drug-likeness (QED) is 0.704. The Balaban J connectivity index is 2.04. The molecule has 0 saturated heterocycles. The molecule has 0 aromatic rings. The Hall–Kier alpha value is -0.380. The van der Waals surface area contributed by atoms with Gasteiger partial charge >= 0.3 is 6.09 Å². The van der Waals surface area contributed by atoms with Crippen molar-refractivity contribution in [3.8, 4) is 0 Å². The van der Waals surface area contributed by atoms with Gasteiger partial charge in [0, 0.05) is 5.25 Å². The molecule has 0 unspecified atom stereocenters. The number of primary amides is 1. The first-order chi connectivity index (χ1) is 5.22. The van der Waals surface area contributed by atoms with Gasteiger partial charge in [-0.15, -0.1) is 0 Å². The molecule has 0 heterocycles. The lowest BCUT2D eigenvalue weighted by molar-refractivity contribution is 0.0630. The molecule has 1 aliphatic carbocycles. The van der Waals surface area contributed by atoms with Crippen molar-refractivity contribution in [2.24, 2.45) is 5.73 Å². The molecule has 0 atom stereocenters. The first kappa shape index (κ1) is 8.71. The van der Waals surface area contributed by atoms with E-state index < -0.39 is 6.09 Å². The van der Waals surface area contributed by atoms with Crippen LogP contribution in [0, 0.1) is 0 Å². The van der Waals surface area contributed by atoms with Crippen molar-refractivity contribution in [2.45, 2.75) is 31.1 Å². The number of hydrogen-bond donors (Lipinski definition) is 1. The van der Waals surface area contributed by atoms with Gasteiger partial charge in [-0.1, -0.05) is 6.92 Å². The van der Waals surface area contributed by atoms with Crippen LogP contribution in [-0.2, 0) is 4.74 Å². The molecular weight excluding hydrogens is 162 g/mol. The highest BCUT2D eigenvalue weighted by Gasteiger charge is 2.31. The maximum absolute atomic E-state index is 10.3.